The van der Waals surface area contributed by atoms with Gasteiger partial charge in [0, 0.05) is 31.9 Å². The number of anilines is 1. The zero-order chi connectivity index (χ0) is 14.4. The zero-order valence-electron chi connectivity index (χ0n) is 12.6. The highest BCUT2D eigenvalue weighted by atomic mass is 16.5. The van der Waals surface area contributed by atoms with E-state index < -0.39 is 0 Å². The van der Waals surface area contributed by atoms with E-state index in [0.717, 1.165) is 44.4 Å². The largest absolute Gasteiger partial charge is 0.487 e. The quantitative estimate of drug-likeness (QED) is 0.863. The number of aromatic nitrogens is 1. The standard InChI is InChI=1S/C15H25N3O2/c1-12(2)20-14-5-4-6-16-15(14)17-13(3)11-18-7-9-19-10-8-18/h4-6,12-13H,7-11H2,1-3H3,(H,16,17). The van der Waals surface area contributed by atoms with Crippen molar-refractivity contribution in [3.8, 4) is 5.75 Å². The van der Waals surface area contributed by atoms with Crippen LogP contribution >= 0.6 is 0 Å². The van der Waals surface area contributed by atoms with Gasteiger partial charge in [-0.15, -0.1) is 0 Å². The first kappa shape index (κ1) is 15.1. The van der Waals surface area contributed by atoms with E-state index in [-0.39, 0.29) is 6.10 Å². The molecule has 1 atom stereocenters. The highest BCUT2D eigenvalue weighted by Gasteiger charge is 2.15. The van der Waals surface area contributed by atoms with Crippen LogP contribution in [0.25, 0.3) is 0 Å². The lowest BCUT2D eigenvalue weighted by atomic mass is 10.2. The van der Waals surface area contributed by atoms with Gasteiger partial charge in [-0.25, -0.2) is 4.98 Å². The van der Waals surface area contributed by atoms with Crippen LogP contribution in [-0.4, -0.2) is 54.9 Å². The Hall–Kier alpha value is -1.33. The molecule has 1 unspecified atom stereocenters. The molecule has 5 heteroatoms. The summed E-state index contributed by atoms with van der Waals surface area (Å²) in [6.45, 7) is 10.9. The van der Waals surface area contributed by atoms with E-state index in [2.05, 4.69) is 22.1 Å². The first-order valence-electron chi connectivity index (χ1n) is 7.33. The van der Waals surface area contributed by atoms with Crippen molar-refractivity contribution >= 4 is 5.82 Å². The zero-order valence-corrected chi connectivity index (χ0v) is 12.6. The molecule has 1 aromatic rings. The Balaban J connectivity index is 1.91. The van der Waals surface area contributed by atoms with Crippen LogP contribution in [0.15, 0.2) is 18.3 Å². The summed E-state index contributed by atoms with van der Waals surface area (Å²) in [5.74, 6) is 1.64. The molecular weight excluding hydrogens is 254 g/mol. The number of hydrogen-bond donors (Lipinski definition) is 1. The Morgan fingerprint density at radius 3 is 2.80 bits per heavy atom. The van der Waals surface area contributed by atoms with Crippen molar-refractivity contribution in [2.75, 3.05) is 38.2 Å². The topological polar surface area (TPSA) is 46.6 Å². The van der Waals surface area contributed by atoms with E-state index in [1.165, 1.54) is 0 Å². The smallest absolute Gasteiger partial charge is 0.169 e. The molecule has 0 aromatic carbocycles. The van der Waals surface area contributed by atoms with Crippen molar-refractivity contribution in [2.45, 2.75) is 32.9 Å². The van der Waals surface area contributed by atoms with Crippen LogP contribution in [0.4, 0.5) is 5.82 Å². The summed E-state index contributed by atoms with van der Waals surface area (Å²) in [6.07, 6.45) is 1.94. The maximum Gasteiger partial charge on any atom is 0.169 e. The minimum absolute atomic E-state index is 0.147. The summed E-state index contributed by atoms with van der Waals surface area (Å²) in [5, 5.41) is 3.44. The Bertz CT molecular complexity index is 406. The van der Waals surface area contributed by atoms with Crippen molar-refractivity contribution in [2.24, 2.45) is 0 Å². The van der Waals surface area contributed by atoms with Gasteiger partial charge in [0.2, 0.25) is 0 Å². The van der Waals surface area contributed by atoms with Crippen LogP contribution in [-0.2, 0) is 4.74 Å². The third-order valence-electron chi connectivity index (χ3n) is 3.15. The number of ether oxygens (including phenoxy) is 2. The van der Waals surface area contributed by atoms with Gasteiger partial charge in [0.25, 0.3) is 0 Å². The van der Waals surface area contributed by atoms with Gasteiger partial charge in [0.1, 0.15) is 0 Å². The molecule has 112 valence electrons. The Labute approximate surface area is 121 Å². The summed E-state index contributed by atoms with van der Waals surface area (Å²) in [6, 6.07) is 4.17. The highest BCUT2D eigenvalue weighted by molar-refractivity contribution is 5.50. The fraction of sp³-hybridized carbons (Fsp3) is 0.667. The normalized spacial score (nSPS) is 18.0. The van der Waals surface area contributed by atoms with Crippen molar-refractivity contribution in [1.29, 1.82) is 0 Å². The summed E-state index contributed by atoms with van der Waals surface area (Å²) in [4.78, 5) is 6.80. The van der Waals surface area contributed by atoms with Crippen LogP contribution in [0.5, 0.6) is 5.75 Å². The molecular formula is C15H25N3O2. The van der Waals surface area contributed by atoms with Crippen molar-refractivity contribution in [3.05, 3.63) is 18.3 Å². The molecule has 0 radical (unpaired) electrons. The van der Waals surface area contributed by atoms with Gasteiger partial charge >= 0.3 is 0 Å². The van der Waals surface area contributed by atoms with Gasteiger partial charge < -0.3 is 14.8 Å². The molecule has 0 saturated carbocycles. The van der Waals surface area contributed by atoms with Gasteiger partial charge in [0.05, 0.1) is 19.3 Å². The minimum atomic E-state index is 0.147. The van der Waals surface area contributed by atoms with Crippen LogP contribution in [0.2, 0.25) is 0 Å². The highest BCUT2D eigenvalue weighted by Crippen LogP contribution is 2.22. The number of nitrogens with zero attached hydrogens (tertiary/aromatic N) is 2. The summed E-state index contributed by atoms with van der Waals surface area (Å²) in [7, 11) is 0. The summed E-state index contributed by atoms with van der Waals surface area (Å²) < 4.78 is 11.1. The lowest BCUT2D eigenvalue weighted by molar-refractivity contribution is 0.0367. The number of morpholine rings is 1. The van der Waals surface area contributed by atoms with Gasteiger partial charge in [0.15, 0.2) is 11.6 Å². The maximum absolute atomic E-state index is 5.78. The van der Waals surface area contributed by atoms with Gasteiger partial charge in [-0.3, -0.25) is 4.90 Å². The van der Waals surface area contributed by atoms with E-state index in [4.69, 9.17) is 9.47 Å². The minimum Gasteiger partial charge on any atom is -0.487 e. The molecule has 0 spiro atoms. The molecule has 1 aliphatic rings. The van der Waals surface area contributed by atoms with Crippen molar-refractivity contribution in [1.82, 2.24) is 9.88 Å². The lowest BCUT2D eigenvalue weighted by Crippen LogP contribution is -2.42. The Kier molecular flexibility index (Phi) is 5.61. The van der Waals surface area contributed by atoms with Crippen molar-refractivity contribution in [3.63, 3.8) is 0 Å². The second-order valence-corrected chi connectivity index (χ2v) is 5.48. The summed E-state index contributed by atoms with van der Waals surface area (Å²) in [5.41, 5.74) is 0. The van der Waals surface area contributed by atoms with Gasteiger partial charge in [-0.2, -0.15) is 0 Å². The number of hydrogen-bond acceptors (Lipinski definition) is 5. The molecule has 1 aromatic heterocycles. The van der Waals surface area contributed by atoms with Crippen LogP contribution in [0.3, 0.4) is 0 Å². The molecule has 0 amide bonds. The third-order valence-corrected chi connectivity index (χ3v) is 3.15. The number of rotatable bonds is 6. The second kappa shape index (κ2) is 7.45. The second-order valence-electron chi connectivity index (χ2n) is 5.48. The van der Waals surface area contributed by atoms with Gasteiger partial charge in [-0.05, 0) is 32.9 Å². The van der Waals surface area contributed by atoms with Crippen molar-refractivity contribution < 1.29 is 9.47 Å². The fourth-order valence-electron chi connectivity index (χ4n) is 2.30. The number of pyridine rings is 1. The van der Waals surface area contributed by atoms with Crippen LogP contribution in [0.1, 0.15) is 20.8 Å². The summed E-state index contributed by atoms with van der Waals surface area (Å²) >= 11 is 0. The molecule has 0 bridgehead atoms. The molecule has 0 aliphatic carbocycles. The van der Waals surface area contributed by atoms with Crippen LogP contribution < -0.4 is 10.1 Å². The lowest BCUT2D eigenvalue weighted by Gasteiger charge is -2.29. The average Bonchev–Trinajstić information content (AvgIpc) is 2.41. The molecule has 2 heterocycles. The van der Waals surface area contributed by atoms with Gasteiger partial charge in [-0.1, -0.05) is 0 Å². The molecule has 2 rings (SSSR count). The molecule has 20 heavy (non-hydrogen) atoms. The SMILES string of the molecule is CC(CN1CCOCC1)Nc1ncccc1OC(C)C. The Morgan fingerprint density at radius 2 is 2.10 bits per heavy atom. The molecule has 1 aliphatic heterocycles. The third kappa shape index (κ3) is 4.65. The monoisotopic (exact) mass is 279 g/mol. The Morgan fingerprint density at radius 1 is 1.35 bits per heavy atom. The molecule has 5 nitrogen and oxygen atoms in total. The first-order chi connectivity index (χ1) is 9.65. The predicted molar refractivity (Wildman–Crippen MR) is 80.3 cm³/mol. The average molecular weight is 279 g/mol. The maximum atomic E-state index is 5.78. The van der Waals surface area contributed by atoms with E-state index in [1.807, 2.05) is 26.0 Å². The van der Waals surface area contributed by atoms with E-state index in [9.17, 15) is 0 Å². The molecule has 1 fully saturated rings. The van der Waals surface area contributed by atoms with E-state index in [0.29, 0.717) is 6.04 Å². The molecule has 1 N–H and O–H groups in total. The number of nitrogens with one attached hydrogen (secondary N) is 1. The van der Waals surface area contributed by atoms with E-state index in [1.54, 1.807) is 6.20 Å². The fourth-order valence-corrected chi connectivity index (χ4v) is 2.30. The van der Waals surface area contributed by atoms with Crippen LogP contribution in [0, 0.1) is 0 Å². The van der Waals surface area contributed by atoms with E-state index >= 15 is 0 Å². The first-order valence-corrected chi connectivity index (χ1v) is 7.33. The molecule has 1 saturated heterocycles. The predicted octanol–water partition coefficient (Wildman–Crippen LogP) is 2.00.